The Balaban J connectivity index is 1.81. The first-order valence-corrected chi connectivity index (χ1v) is 8.89. The Kier molecular flexibility index (Phi) is 3.35. The van der Waals surface area contributed by atoms with Gasteiger partial charge < -0.3 is 9.15 Å². The molecule has 0 saturated heterocycles. The average molecular weight is 385 g/mol. The Morgan fingerprint density at radius 1 is 1.15 bits per heavy atom. The zero-order valence-corrected chi connectivity index (χ0v) is 14.6. The lowest BCUT2D eigenvalue weighted by molar-refractivity contribution is -0.135. The molecular weight excluding hydrogens is 376 g/mol. The van der Waals surface area contributed by atoms with Gasteiger partial charge in [-0.1, -0.05) is 11.6 Å². The fourth-order valence-corrected chi connectivity index (χ4v) is 4.06. The summed E-state index contributed by atoms with van der Waals surface area (Å²) in [5, 5.41) is 0.815. The number of esters is 1. The zero-order valence-electron chi connectivity index (χ0n) is 13.1. The molecule has 128 valence electrons. The largest absolute Gasteiger partial charge is 0.464 e. The maximum atomic E-state index is 13.1. The van der Waals surface area contributed by atoms with Gasteiger partial charge in [0.2, 0.25) is 0 Å². The lowest BCUT2D eigenvalue weighted by Crippen LogP contribution is -2.25. The monoisotopic (exact) mass is 384 g/mol. The van der Waals surface area contributed by atoms with Crippen molar-refractivity contribution >= 4 is 51.3 Å². The van der Waals surface area contributed by atoms with Crippen LogP contribution in [0, 0.1) is 0 Å². The van der Waals surface area contributed by atoms with Crippen molar-refractivity contribution in [1.82, 2.24) is 8.75 Å². The minimum Gasteiger partial charge on any atom is -0.464 e. The molecule has 0 fully saturated rings. The summed E-state index contributed by atoms with van der Waals surface area (Å²) in [6.45, 7) is 0. The highest BCUT2D eigenvalue weighted by Gasteiger charge is 2.33. The molecule has 1 aliphatic rings. The Bertz CT molecular complexity index is 1260. The quantitative estimate of drug-likeness (QED) is 0.365. The van der Waals surface area contributed by atoms with Crippen LogP contribution in [0.4, 0.5) is 0 Å². The van der Waals surface area contributed by atoms with Gasteiger partial charge in [0.1, 0.15) is 22.4 Å². The summed E-state index contributed by atoms with van der Waals surface area (Å²) in [5.41, 5.74) is 2.61. The number of hydrogen-bond acceptors (Lipinski definition) is 7. The van der Waals surface area contributed by atoms with Gasteiger partial charge in [-0.3, -0.25) is 9.59 Å². The molecule has 6 nitrogen and oxygen atoms in total. The second-order valence-corrected chi connectivity index (χ2v) is 6.97. The molecule has 0 N–H and O–H groups in total. The topological polar surface area (TPSA) is 82.3 Å². The number of rotatable bonds is 1. The van der Waals surface area contributed by atoms with Gasteiger partial charge in [-0.05, 0) is 30.3 Å². The van der Waals surface area contributed by atoms with Crippen LogP contribution in [-0.2, 0) is 4.79 Å². The van der Waals surface area contributed by atoms with Crippen molar-refractivity contribution in [3.63, 3.8) is 0 Å². The normalized spacial score (nSPS) is 16.7. The van der Waals surface area contributed by atoms with E-state index < -0.39 is 11.9 Å². The third-order valence-electron chi connectivity index (χ3n) is 4.51. The molecule has 1 atom stereocenters. The standard InChI is InChI=1S/C18H9ClN2O4S/c19-8-1-3-13-10(5-8)18(23)11(7-24-13)9-6-15(22)25-14-4-2-12-17(16(9)14)21-26-20-12/h1-5,7,9H,6H2. The Labute approximate surface area is 155 Å². The van der Waals surface area contributed by atoms with E-state index >= 15 is 0 Å². The second-order valence-electron chi connectivity index (χ2n) is 6.00. The fraction of sp³-hybridized carbons (Fsp3) is 0.111. The fourth-order valence-electron chi connectivity index (χ4n) is 3.34. The lowest BCUT2D eigenvalue weighted by Gasteiger charge is -2.24. The summed E-state index contributed by atoms with van der Waals surface area (Å²) in [4.78, 5) is 25.2. The van der Waals surface area contributed by atoms with Crippen molar-refractivity contribution in [1.29, 1.82) is 0 Å². The molecule has 0 aliphatic carbocycles. The number of benzene rings is 2. The third kappa shape index (κ3) is 2.24. The van der Waals surface area contributed by atoms with Gasteiger partial charge in [0, 0.05) is 22.1 Å². The van der Waals surface area contributed by atoms with Crippen molar-refractivity contribution < 1.29 is 13.9 Å². The smallest absolute Gasteiger partial charge is 0.312 e. The molecule has 0 saturated carbocycles. The van der Waals surface area contributed by atoms with E-state index in [4.69, 9.17) is 20.8 Å². The highest BCUT2D eigenvalue weighted by molar-refractivity contribution is 7.00. The first kappa shape index (κ1) is 15.5. The number of nitrogens with zero attached hydrogens (tertiary/aromatic N) is 2. The van der Waals surface area contributed by atoms with E-state index in [9.17, 15) is 9.59 Å². The maximum absolute atomic E-state index is 13.1. The molecule has 5 rings (SSSR count). The summed E-state index contributed by atoms with van der Waals surface area (Å²) in [6.07, 6.45) is 1.44. The number of halogens is 1. The molecule has 4 aromatic rings. The van der Waals surface area contributed by atoms with Crippen molar-refractivity contribution in [2.45, 2.75) is 12.3 Å². The van der Waals surface area contributed by atoms with Crippen LogP contribution in [0.5, 0.6) is 5.75 Å². The molecular formula is C18H9ClN2O4S. The summed E-state index contributed by atoms with van der Waals surface area (Å²) in [6, 6.07) is 8.30. The van der Waals surface area contributed by atoms with Gasteiger partial charge in [-0.15, -0.1) is 0 Å². The molecule has 3 heterocycles. The van der Waals surface area contributed by atoms with E-state index in [1.165, 1.54) is 6.26 Å². The Hall–Kier alpha value is -2.77. The predicted octanol–water partition coefficient (Wildman–Crippen LogP) is 3.89. The van der Waals surface area contributed by atoms with E-state index in [1.807, 2.05) is 0 Å². The van der Waals surface area contributed by atoms with E-state index in [-0.39, 0.29) is 11.8 Å². The molecule has 2 aromatic carbocycles. The van der Waals surface area contributed by atoms with Crippen molar-refractivity contribution in [2.24, 2.45) is 0 Å². The van der Waals surface area contributed by atoms with E-state index in [2.05, 4.69) is 8.75 Å². The predicted molar refractivity (Wildman–Crippen MR) is 97.0 cm³/mol. The first-order chi connectivity index (χ1) is 12.6. The van der Waals surface area contributed by atoms with Gasteiger partial charge in [0.15, 0.2) is 5.43 Å². The van der Waals surface area contributed by atoms with E-state index in [0.29, 0.717) is 43.9 Å². The Morgan fingerprint density at radius 2 is 2.04 bits per heavy atom. The van der Waals surface area contributed by atoms with Crippen LogP contribution in [-0.4, -0.2) is 14.7 Å². The van der Waals surface area contributed by atoms with Gasteiger partial charge in [0.05, 0.1) is 29.8 Å². The maximum Gasteiger partial charge on any atom is 0.312 e. The second kappa shape index (κ2) is 5.62. The van der Waals surface area contributed by atoms with Crippen LogP contribution >= 0.6 is 23.3 Å². The summed E-state index contributed by atoms with van der Waals surface area (Å²) in [5.74, 6) is -0.522. The van der Waals surface area contributed by atoms with Gasteiger partial charge in [-0.25, -0.2) is 0 Å². The van der Waals surface area contributed by atoms with Crippen LogP contribution in [0.3, 0.4) is 0 Å². The van der Waals surface area contributed by atoms with Crippen LogP contribution in [0.1, 0.15) is 23.5 Å². The molecule has 1 unspecified atom stereocenters. The number of carbonyl (C=O) groups is 1. The van der Waals surface area contributed by atoms with Crippen LogP contribution < -0.4 is 10.2 Å². The molecule has 2 aromatic heterocycles. The van der Waals surface area contributed by atoms with Gasteiger partial charge >= 0.3 is 5.97 Å². The molecule has 0 bridgehead atoms. The van der Waals surface area contributed by atoms with E-state index in [0.717, 1.165) is 11.7 Å². The number of hydrogen-bond donors (Lipinski definition) is 0. The molecule has 0 spiro atoms. The van der Waals surface area contributed by atoms with E-state index in [1.54, 1.807) is 30.3 Å². The van der Waals surface area contributed by atoms with Gasteiger partial charge in [-0.2, -0.15) is 8.75 Å². The van der Waals surface area contributed by atoms with Gasteiger partial charge in [0.25, 0.3) is 0 Å². The van der Waals surface area contributed by atoms with Crippen molar-refractivity contribution in [2.75, 3.05) is 0 Å². The van der Waals surface area contributed by atoms with Crippen molar-refractivity contribution in [3.05, 3.63) is 63.0 Å². The first-order valence-electron chi connectivity index (χ1n) is 7.78. The Morgan fingerprint density at radius 3 is 2.92 bits per heavy atom. The summed E-state index contributed by atoms with van der Waals surface area (Å²) >= 11 is 7.10. The highest BCUT2D eigenvalue weighted by atomic mass is 35.5. The number of carbonyl (C=O) groups excluding carboxylic acids is 1. The molecule has 0 radical (unpaired) electrons. The van der Waals surface area contributed by atoms with Crippen LogP contribution in [0.25, 0.3) is 22.0 Å². The number of fused-ring (bicyclic) bond motifs is 4. The highest BCUT2D eigenvalue weighted by Crippen LogP contribution is 2.41. The molecule has 26 heavy (non-hydrogen) atoms. The summed E-state index contributed by atoms with van der Waals surface area (Å²) in [7, 11) is 0. The number of aromatic nitrogens is 2. The minimum atomic E-state index is -0.515. The lowest BCUT2D eigenvalue weighted by atomic mass is 9.86. The summed E-state index contributed by atoms with van der Waals surface area (Å²) < 4.78 is 19.5. The molecule has 8 heteroatoms. The SMILES string of the molecule is O=C1CC(c2coc3ccc(Cl)cc3c2=O)c2c(ccc3nsnc23)O1. The minimum absolute atomic E-state index is 0.0282. The van der Waals surface area contributed by atoms with Crippen LogP contribution in [0.15, 0.2) is 45.8 Å². The zero-order chi connectivity index (χ0) is 17.8. The molecule has 1 aliphatic heterocycles. The van der Waals surface area contributed by atoms with Crippen LogP contribution in [0.2, 0.25) is 5.02 Å². The average Bonchev–Trinajstić information content (AvgIpc) is 3.10. The number of ether oxygens (including phenoxy) is 1. The third-order valence-corrected chi connectivity index (χ3v) is 5.28. The van der Waals surface area contributed by atoms with Crippen molar-refractivity contribution in [3.8, 4) is 5.75 Å². The molecule has 0 amide bonds.